The first-order valence-electron chi connectivity index (χ1n) is 12.3. The Labute approximate surface area is 193 Å². The van der Waals surface area contributed by atoms with Gasteiger partial charge in [-0.2, -0.15) is 0 Å². The van der Waals surface area contributed by atoms with Crippen LogP contribution in [0.2, 0.25) is 0 Å². The molecule has 32 heavy (non-hydrogen) atoms. The first-order chi connectivity index (χ1) is 16.3. The van der Waals surface area contributed by atoms with Gasteiger partial charge in [0.25, 0.3) is 0 Å². The first kappa shape index (κ1) is 18.4. The van der Waals surface area contributed by atoms with Gasteiger partial charge in [0.05, 0.1) is 0 Å². The Morgan fingerprint density at radius 2 is 1.62 bits per heavy atom. The predicted molar refractivity (Wildman–Crippen MR) is 134 cm³/mol. The van der Waals surface area contributed by atoms with E-state index in [4.69, 9.17) is 2.74 Å². The number of piperidine rings is 1. The molecule has 2 nitrogen and oxygen atoms in total. The molecule has 1 aliphatic rings. The van der Waals surface area contributed by atoms with Crippen LogP contribution in [0.15, 0.2) is 78.9 Å². The monoisotopic (exact) mass is 423 g/mol. The molecular weight excluding hydrogens is 390 g/mol. The molecule has 1 heterocycles. The van der Waals surface area contributed by atoms with Gasteiger partial charge in [0.2, 0.25) is 0 Å². The topological polar surface area (TPSA) is 29.1 Å². The third-order valence-corrected chi connectivity index (χ3v) is 6.37. The third kappa shape index (κ3) is 4.11. The number of hydrogen-bond donors (Lipinski definition) is 1. The van der Waals surface area contributed by atoms with E-state index in [1.807, 2.05) is 36.4 Å². The maximum absolute atomic E-state index is 12.4. The molecule has 0 saturated carbocycles. The first-order valence-corrected chi connectivity index (χ1v) is 11.2. The van der Waals surface area contributed by atoms with E-state index in [1.54, 1.807) is 6.92 Å². The summed E-state index contributed by atoms with van der Waals surface area (Å²) in [5.41, 5.74) is 7.10. The molecule has 0 spiro atoms. The minimum Gasteiger partial charge on any atom is -0.317 e. The number of carbonyl (C=O) groups is 1. The fourth-order valence-corrected chi connectivity index (χ4v) is 4.49. The second-order valence-corrected chi connectivity index (χ2v) is 8.64. The number of rotatable bonds is 4. The quantitative estimate of drug-likeness (QED) is 0.353. The van der Waals surface area contributed by atoms with Crippen LogP contribution >= 0.6 is 0 Å². The summed E-state index contributed by atoms with van der Waals surface area (Å²) >= 11 is 0. The molecule has 0 aromatic heterocycles. The summed E-state index contributed by atoms with van der Waals surface area (Å²) in [4.78, 5) is 12.4. The van der Waals surface area contributed by atoms with Gasteiger partial charge in [-0.15, -0.1) is 0 Å². The highest BCUT2D eigenvalue weighted by atomic mass is 16.1. The van der Waals surface area contributed by atoms with Crippen molar-refractivity contribution in [1.29, 1.82) is 0 Å². The number of aryl methyl sites for hydroxylation is 1. The number of nitrogens with one attached hydrogen (secondary N) is 1. The van der Waals surface area contributed by atoms with Crippen LogP contribution in [0, 0.1) is 6.92 Å². The average Bonchev–Trinajstić information content (AvgIpc) is 2.85. The number of fused-ring (bicyclic) bond motifs is 1. The normalized spacial score (nSPS) is 21.8. The maximum atomic E-state index is 12.4. The number of Topliss-reactive ketones (excluding diaryl/α,β-unsaturated/α-hetero) is 1. The Kier molecular flexibility index (Phi) is 5.00. The highest BCUT2D eigenvalue weighted by molar-refractivity contribution is 6.05. The van der Waals surface area contributed by atoms with Crippen LogP contribution in [0.1, 0.15) is 49.9 Å². The van der Waals surface area contributed by atoms with E-state index in [2.05, 4.69) is 54.7 Å². The van der Waals surface area contributed by atoms with Crippen molar-refractivity contribution in [2.45, 2.75) is 32.6 Å². The van der Waals surface area contributed by atoms with Crippen LogP contribution in [0.3, 0.4) is 0 Å². The predicted octanol–water partition coefficient (Wildman–Crippen LogP) is 7.15. The minimum absolute atomic E-state index is 0.0392. The van der Waals surface area contributed by atoms with Crippen molar-refractivity contribution in [3.8, 4) is 22.3 Å². The molecule has 2 atom stereocenters. The lowest BCUT2D eigenvalue weighted by Crippen LogP contribution is -2.26. The molecule has 1 saturated heterocycles. The summed E-state index contributed by atoms with van der Waals surface area (Å²) in [6.45, 7) is 4.99. The van der Waals surface area contributed by atoms with E-state index in [-0.39, 0.29) is 5.78 Å². The summed E-state index contributed by atoms with van der Waals surface area (Å²) in [6.07, 6.45) is 0.138. The zero-order valence-electron chi connectivity index (χ0n) is 20.6. The van der Waals surface area contributed by atoms with Crippen LogP contribution in [-0.4, -0.2) is 18.9 Å². The second-order valence-electron chi connectivity index (χ2n) is 8.64. The van der Waals surface area contributed by atoms with Crippen LogP contribution in [0.25, 0.3) is 33.0 Å². The van der Waals surface area contributed by atoms with Gasteiger partial charge in [-0.1, -0.05) is 66.2 Å². The largest absolute Gasteiger partial charge is 0.317 e. The molecule has 0 radical (unpaired) electrons. The molecule has 4 aromatic rings. The van der Waals surface area contributed by atoms with Crippen molar-refractivity contribution in [2.24, 2.45) is 0 Å². The molecule has 4 aromatic carbocycles. The molecule has 2 unspecified atom stereocenters. The van der Waals surface area contributed by atoms with Gasteiger partial charge >= 0.3 is 0 Å². The van der Waals surface area contributed by atoms with Gasteiger partial charge in [0.15, 0.2) is 5.78 Å². The van der Waals surface area contributed by atoms with Crippen LogP contribution in [-0.2, 0) is 0 Å². The highest BCUT2D eigenvalue weighted by Crippen LogP contribution is 2.35. The van der Waals surface area contributed by atoms with Crippen molar-refractivity contribution in [2.75, 3.05) is 13.1 Å². The minimum atomic E-state index is -0.893. The lowest BCUT2D eigenvalue weighted by molar-refractivity contribution is 0.101. The van der Waals surface area contributed by atoms with Crippen molar-refractivity contribution >= 4 is 16.6 Å². The Bertz CT molecular complexity index is 1360. The number of hydrogen-bond acceptors (Lipinski definition) is 2. The summed E-state index contributed by atoms with van der Waals surface area (Å²) in [6, 6.07) is 26.9. The van der Waals surface area contributed by atoms with Gasteiger partial charge in [-0.3, -0.25) is 4.79 Å². The van der Waals surface area contributed by atoms with Crippen LogP contribution in [0.4, 0.5) is 0 Å². The Balaban J connectivity index is 1.59. The van der Waals surface area contributed by atoms with E-state index < -0.39 is 12.3 Å². The summed E-state index contributed by atoms with van der Waals surface area (Å²) in [5.74, 6) is -0.854. The average molecular weight is 424 g/mol. The number of ketones is 1. The molecule has 0 aliphatic carbocycles. The van der Waals surface area contributed by atoms with Gasteiger partial charge < -0.3 is 5.32 Å². The van der Waals surface area contributed by atoms with Gasteiger partial charge in [-0.25, -0.2) is 0 Å². The molecule has 5 rings (SSSR count). The van der Waals surface area contributed by atoms with E-state index in [1.165, 1.54) is 5.56 Å². The number of benzene rings is 4. The maximum Gasteiger partial charge on any atom is 0.159 e. The van der Waals surface area contributed by atoms with Gasteiger partial charge in [0.1, 0.15) is 0 Å². The lowest BCUT2D eigenvalue weighted by Gasteiger charge is -2.23. The smallest absolute Gasteiger partial charge is 0.159 e. The van der Waals surface area contributed by atoms with E-state index >= 15 is 0 Å². The van der Waals surface area contributed by atoms with Crippen molar-refractivity contribution in [1.82, 2.24) is 5.32 Å². The lowest BCUT2D eigenvalue weighted by atomic mass is 9.88. The molecule has 0 amide bonds. The Hall–Kier alpha value is -3.23. The number of carbonyl (C=O) groups excluding carboxylic acids is 1. The zero-order chi connectivity index (χ0) is 23.9. The van der Waals surface area contributed by atoms with E-state index in [9.17, 15) is 4.79 Å². The molecule has 1 N–H and O–H groups in total. The van der Waals surface area contributed by atoms with Gasteiger partial charge in [0, 0.05) is 8.30 Å². The van der Waals surface area contributed by atoms with E-state index in [0.29, 0.717) is 18.5 Å². The Morgan fingerprint density at radius 1 is 0.906 bits per heavy atom. The molecule has 1 aliphatic heterocycles. The fourth-order valence-electron chi connectivity index (χ4n) is 4.49. The van der Waals surface area contributed by atoms with Gasteiger partial charge in [-0.05, 0) is 102 Å². The third-order valence-electron chi connectivity index (χ3n) is 6.37. The fraction of sp³-hybridized carbons (Fsp3) is 0.233. The molecule has 1 fully saturated rings. The van der Waals surface area contributed by atoms with Crippen molar-refractivity contribution in [3.63, 3.8) is 0 Å². The van der Waals surface area contributed by atoms with Crippen LogP contribution in [0.5, 0.6) is 0 Å². The van der Waals surface area contributed by atoms with E-state index in [0.717, 1.165) is 45.1 Å². The SMILES string of the molecule is [3H]C1CNCCC1([3H])c1ccc(-c2cc(C(C)=O)cc3cc(-c4ccc(C)cc4)ccc23)cc1. The Morgan fingerprint density at radius 3 is 2.34 bits per heavy atom. The zero-order valence-corrected chi connectivity index (χ0v) is 18.6. The second kappa shape index (κ2) is 8.72. The summed E-state index contributed by atoms with van der Waals surface area (Å²) < 4.78 is 17.3. The van der Waals surface area contributed by atoms with Crippen LogP contribution < -0.4 is 5.32 Å². The summed E-state index contributed by atoms with van der Waals surface area (Å²) in [7, 11) is 0. The highest BCUT2D eigenvalue weighted by Gasteiger charge is 2.16. The molecular formula is C30H29NO. The van der Waals surface area contributed by atoms with Crippen molar-refractivity contribution < 1.29 is 7.54 Å². The molecule has 160 valence electrons. The standard InChI is InChI=1S/C30H29NO/c1-20-3-5-23(6-4-20)26-11-12-29-28(17-26)18-27(21(2)32)19-30(29)25-9-7-22(8-10-25)24-13-15-31-16-14-24/h3-12,17-19,24,31H,13-16H2,1-2H3/i13T,24T. The summed E-state index contributed by atoms with van der Waals surface area (Å²) in [5, 5.41) is 5.34. The molecule has 0 bridgehead atoms. The van der Waals surface area contributed by atoms with Crippen molar-refractivity contribution in [3.05, 3.63) is 95.6 Å². The molecule has 2 heteroatoms.